The predicted octanol–water partition coefficient (Wildman–Crippen LogP) is 1.18. The zero-order chi connectivity index (χ0) is 8.81. The Hall–Kier alpha value is 0.01000. The van der Waals surface area contributed by atoms with Crippen LogP contribution < -0.4 is 0 Å². The molecule has 0 heterocycles. The smallest absolute Gasteiger partial charge is 0.0861 e. The lowest BCUT2D eigenvalue weighted by atomic mass is 10.1. The van der Waals surface area contributed by atoms with E-state index < -0.39 is 6.10 Å². The number of hydrogen-bond donors (Lipinski definition) is 2. The largest absolute Gasteiger partial charge is 0.394 e. The summed E-state index contributed by atoms with van der Waals surface area (Å²) in [5.41, 5.74) is 0. The summed E-state index contributed by atoms with van der Waals surface area (Å²) >= 11 is 1.73. The van der Waals surface area contributed by atoms with Gasteiger partial charge in [-0.1, -0.05) is 12.2 Å². The first-order chi connectivity index (χ1) is 5.83. The molecule has 2 atom stereocenters. The van der Waals surface area contributed by atoms with Gasteiger partial charge in [-0.05, 0) is 19.3 Å². The van der Waals surface area contributed by atoms with E-state index in [1.54, 1.807) is 11.8 Å². The lowest BCUT2D eigenvalue weighted by Crippen LogP contribution is -2.17. The SMILES string of the molecule is OCC(O)CSC1C=CCCC1. The molecule has 2 unspecified atom stereocenters. The van der Waals surface area contributed by atoms with Crippen LogP contribution in [-0.2, 0) is 0 Å². The van der Waals surface area contributed by atoms with Crippen molar-refractivity contribution in [1.82, 2.24) is 0 Å². The monoisotopic (exact) mass is 188 g/mol. The lowest BCUT2D eigenvalue weighted by Gasteiger charge is -2.16. The molecule has 0 aliphatic heterocycles. The van der Waals surface area contributed by atoms with Gasteiger partial charge in [0.1, 0.15) is 0 Å². The van der Waals surface area contributed by atoms with Crippen molar-refractivity contribution in [3.8, 4) is 0 Å². The van der Waals surface area contributed by atoms with Gasteiger partial charge in [0.05, 0.1) is 12.7 Å². The Labute approximate surface area is 77.7 Å². The van der Waals surface area contributed by atoms with Crippen molar-refractivity contribution < 1.29 is 10.2 Å². The van der Waals surface area contributed by atoms with Crippen LogP contribution in [0.25, 0.3) is 0 Å². The van der Waals surface area contributed by atoms with Gasteiger partial charge in [0, 0.05) is 11.0 Å². The van der Waals surface area contributed by atoms with Crippen LogP contribution in [0.5, 0.6) is 0 Å². The van der Waals surface area contributed by atoms with Gasteiger partial charge in [0.25, 0.3) is 0 Å². The highest BCUT2D eigenvalue weighted by atomic mass is 32.2. The van der Waals surface area contributed by atoms with E-state index in [-0.39, 0.29) is 6.61 Å². The van der Waals surface area contributed by atoms with Crippen LogP contribution in [0.3, 0.4) is 0 Å². The average Bonchev–Trinajstić information content (AvgIpc) is 2.16. The lowest BCUT2D eigenvalue weighted by molar-refractivity contribution is 0.113. The summed E-state index contributed by atoms with van der Waals surface area (Å²) in [6.45, 7) is -0.122. The van der Waals surface area contributed by atoms with Gasteiger partial charge in [-0.15, -0.1) is 0 Å². The van der Waals surface area contributed by atoms with E-state index in [0.29, 0.717) is 11.0 Å². The summed E-state index contributed by atoms with van der Waals surface area (Å²) in [6.07, 6.45) is 7.51. The fourth-order valence-corrected chi connectivity index (χ4v) is 2.34. The first-order valence-electron chi connectivity index (χ1n) is 4.40. The molecule has 1 rings (SSSR count). The fourth-order valence-electron chi connectivity index (χ4n) is 1.21. The third-order valence-electron chi connectivity index (χ3n) is 1.92. The Morgan fingerprint density at radius 1 is 1.58 bits per heavy atom. The Morgan fingerprint density at radius 2 is 2.42 bits per heavy atom. The van der Waals surface area contributed by atoms with Gasteiger partial charge in [-0.2, -0.15) is 11.8 Å². The summed E-state index contributed by atoms with van der Waals surface area (Å²) in [6, 6.07) is 0. The second kappa shape index (κ2) is 5.62. The molecule has 1 aliphatic carbocycles. The standard InChI is InChI=1S/C9H16O2S/c10-6-8(11)7-12-9-4-2-1-3-5-9/h2,4,8-11H,1,3,5-7H2. The van der Waals surface area contributed by atoms with E-state index in [4.69, 9.17) is 10.2 Å². The number of thioether (sulfide) groups is 1. The van der Waals surface area contributed by atoms with Crippen LogP contribution in [-0.4, -0.2) is 33.9 Å². The van der Waals surface area contributed by atoms with Gasteiger partial charge in [0.15, 0.2) is 0 Å². The molecular weight excluding hydrogens is 172 g/mol. The summed E-state index contributed by atoms with van der Waals surface area (Å²) in [4.78, 5) is 0. The molecular formula is C9H16O2S. The van der Waals surface area contributed by atoms with Crippen molar-refractivity contribution in [3.05, 3.63) is 12.2 Å². The topological polar surface area (TPSA) is 40.5 Å². The van der Waals surface area contributed by atoms with E-state index in [2.05, 4.69) is 12.2 Å². The maximum absolute atomic E-state index is 9.09. The highest BCUT2D eigenvalue weighted by Crippen LogP contribution is 2.23. The van der Waals surface area contributed by atoms with Crippen molar-refractivity contribution in [2.24, 2.45) is 0 Å². The molecule has 0 aromatic rings. The molecule has 2 N–H and O–H groups in total. The minimum absolute atomic E-state index is 0.122. The fraction of sp³-hybridized carbons (Fsp3) is 0.778. The van der Waals surface area contributed by atoms with Crippen molar-refractivity contribution >= 4 is 11.8 Å². The Morgan fingerprint density at radius 3 is 3.00 bits per heavy atom. The van der Waals surface area contributed by atoms with Crippen LogP contribution in [0.15, 0.2) is 12.2 Å². The molecule has 0 aromatic heterocycles. The number of aliphatic hydroxyl groups is 2. The molecule has 12 heavy (non-hydrogen) atoms. The van der Waals surface area contributed by atoms with Crippen molar-refractivity contribution in [3.63, 3.8) is 0 Å². The highest BCUT2D eigenvalue weighted by molar-refractivity contribution is 8.00. The summed E-state index contributed by atoms with van der Waals surface area (Å²) in [7, 11) is 0. The molecule has 0 saturated heterocycles. The first kappa shape index (κ1) is 10.1. The molecule has 1 aliphatic rings. The van der Waals surface area contributed by atoms with Gasteiger partial charge in [0.2, 0.25) is 0 Å². The van der Waals surface area contributed by atoms with Gasteiger partial charge in [-0.3, -0.25) is 0 Å². The minimum Gasteiger partial charge on any atom is -0.394 e. The van der Waals surface area contributed by atoms with Gasteiger partial charge in [-0.25, -0.2) is 0 Å². The van der Waals surface area contributed by atoms with E-state index in [1.807, 2.05) is 0 Å². The number of rotatable bonds is 4. The van der Waals surface area contributed by atoms with E-state index in [1.165, 1.54) is 19.3 Å². The Kier molecular flexibility index (Phi) is 4.73. The highest BCUT2D eigenvalue weighted by Gasteiger charge is 2.10. The molecule has 3 heteroatoms. The maximum Gasteiger partial charge on any atom is 0.0861 e. The number of aliphatic hydroxyl groups excluding tert-OH is 2. The number of allylic oxidation sites excluding steroid dienone is 1. The molecule has 0 saturated carbocycles. The zero-order valence-corrected chi connectivity index (χ0v) is 7.96. The van der Waals surface area contributed by atoms with Crippen LogP contribution in [0, 0.1) is 0 Å². The second-order valence-corrected chi connectivity index (χ2v) is 4.34. The molecule has 0 radical (unpaired) electrons. The normalized spacial score (nSPS) is 25.7. The molecule has 0 bridgehead atoms. The van der Waals surface area contributed by atoms with Crippen LogP contribution in [0.4, 0.5) is 0 Å². The maximum atomic E-state index is 9.09. The van der Waals surface area contributed by atoms with E-state index in [9.17, 15) is 0 Å². The van der Waals surface area contributed by atoms with Gasteiger partial charge < -0.3 is 10.2 Å². The third kappa shape index (κ3) is 3.61. The minimum atomic E-state index is -0.551. The van der Waals surface area contributed by atoms with Crippen molar-refractivity contribution in [2.75, 3.05) is 12.4 Å². The van der Waals surface area contributed by atoms with Crippen molar-refractivity contribution in [1.29, 1.82) is 0 Å². The van der Waals surface area contributed by atoms with E-state index in [0.717, 1.165) is 0 Å². The first-order valence-corrected chi connectivity index (χ1v) is 5.45. The molecule has 2 nitrogen and oxygen atoms in total. The average molecular weight is 188 g/mol. The number of hydrogen-bond acceptors (Lipinski definition) is 3. The summed E-state index contributed by atoms with van der Waals surface area (Å²) in [5.74, 6) is 0.644. The molecule has 0 fully saturated rings. The zero-order valence-electron chi connectivity index (χ0n) is 7.15. The predicted molar refractivity (Wildman–Crippen MR) is 52.3 cm³/mol. The second-order valence-electron chi connectivity index (χ2n) is 3.07. The molecule has 0 amide bonds. The summed E-state index contributed by atoms with van der Waals surface area (Å²) < 4.78 is 0. The van der Waals surface area contributed by atoms with E-state index >= 15 is 0 Å². The van der Waals surface area contributed by atoms with Crippen molar-refractivity contribution in [2.45, 2.75) is 30.6 Å². The Balaban J connectivity index is 2.13. The van der Waals surface area contributed by atoms with Crippen LogP contribution in [0.1, 0.15) is 19.3 Å². The van der Waals surface area contributed by atoms with Crippen LogP contribution >= 0.6 is 11.8 Å². The summed E-state index contributed by atoms with van der Waals surface area (Å²) in [5, 5.41) is 18.2. The van der Waals surface area contributed by atoms with Crippen LogP contribution in [0.2, 0.25) is 0 Å². The van der Waals surface area contributed by atoms with Gasteiger partial charge >= 0.3 is 0 Å². The molecule has 0 spiro atoms. The Bertz CT molecular complexity index is 147. The molecule has 0 aromatic carbocycles. The molecule has 70 valence electrons. The quantitative estimate of drug-likeness (QED) is 0.651. The third-order valence-corrected chi connectivity index (χ3v) is 3.32.